The molecular weight excluding hydrogens is 212 g/mol. The number of nitriles is 1. The van der Waals surface area contributed by atoms with Gasteiger partial charge < -0.3 is 5.11 Å². The van der Waals surface area contributed by atoms with Gasteiger partial charge in [-0.2, -0.15) is 5.26 Å². The molecule has 3 nitrogen and oxygen atoms in total. The first-order valence-electron chi connectivity index (χ1n) is 5.35. The third-order valence-corrected chi connectivity index (χ3v) is 2.63. The van der Waals surface area contributed by atoms with E-state index in [1.54, 1.807) is 37.5 Å². The van der Waals surface area contributed by atoms with Crippen LogP contribution < -0.4 is 0 Å². The van der Waals surface area contributed by atoms with E-state index in [0.717, 1.165) is 16.7 Å². The van der Waals surface area contributed by atoms with E-state index in [9.17, 15) is 5.11 Å². The summed E-state index contributed by atoms with van der Waals surface area (Å²) in [6.45, 7) is 1.72. The van der Waals surface area contributed by atoms with Crippen molar-refractivity contribution in [3.05, 3.63) is 53.9 Å². The highest BCUT2D eigenvalue weighted by molar-refractivity contribution is 5.67. The fourth-order valence-electron chi connectivity index (χ4n) is 1.74. The maximum atomic E-state index is 9.69. The Morgan fingerprint density at radius 1 is 1.24 bits per heavy atom. The van der Waals surface area contributed by atoms with Gasteiger partial charge in [-0.3, -0.25) is 4.98 Å². The van der Waals surface area contributed by atoms with Gasteiger partial charge in [-0.25, -0.2) is 0 Å². The standard InChI is InChI=1S/C14H12N2O/c1-10(17)13-6-7-16-9-14(13)12-4-2-11(8-15)3-5-12/h2-7,9-10,17H,1H3/t10-/m1/s1. The van der Waals surface area contributed by atoms with Crippen LogP contribution in [0.2, 0.25) is 0 Å². The molecule has 0 amide bonds. The third-order valence-electron chi connectivity index (χ3n) is 2.63. The van der Waals surface area contributed by atoms with Crippen molar-refractivity contribution in [1.29, 1.82) is 5.26 Å². The number of aliphatic hydroxyl groups is 1. The minimum Gasteiger partial charge on any atom is -0.389 e. The molecule has 0 fully saturated rings. The van der Waals surface area contributed by atoms with Crippen molar-refractivity contribution in [2.24, 2.45) is 0 Å². The van der Waals surface area contributed by atoms with Gasteiger partial charge in [-0.05, 0) is 36.2 Å². The lowest BCUT2D eigenvalue weighted by atomic mass is 9.98. The van der Waals surface area contributed by atoms with E-state index in [2.05, 4.69) is 11.1 Å². The van der Waals surface area contributed by atoms with Crippen LogP contribution in [0.15, 0.2) is 42.7 Å². The lowest BCUT2D eigenvalue weighted by Crippen LogP contribution is -1.95. The highest BCUT2D eigenvalue weighted by Crippen LogP contribution is 2.27. The highest BCUT2D eigenvalue weighted by Gasteiger charge is 2.09. The zero-order valence-electron chi connectivity index (χ0n) is 9.46. The molecule has 3 heteroatoms. The van der Waals surface area contributed by atoms with Gasteiger partial charge in [0.1, 0.15) is 0 Å². The van der Waals surface area contributed by atoms with E-state index in [1.165, 1.54) is 0 Å². The summed E-state index contributed by atoms with van der Waals surface area (Å²) in [5, 5.41) is 18.4. The first kappa shape index (κ1) is 11.3. The molecule has 0 spiro atoms. The monoisotopic (exact) mass is 224 g/mol. The summed E-state index contributed by atoms with van der Waals surface area (Å²) in [5.74, 6) is 0. The molecule has 0 aliphatic heterocycles. The number of hydrogen-bond donors (Lipinski definition) is 1. The van der Waals surface area contributed by atoms with Crippen molar-refractivity contribution >= 4 is 0 Å². The molecule has 1 atom stereocenters. The van der Waals surface area contributed by atoms with E-state index in [-0.39, 0.29) is 0 Å². The van der Waals surface area contributed by atoms with Crippen LogP contribution in [0.3, 0.4) is 0 Å². The molecule has 0 saturated carbocycles. The third kappa shape index (κ3) is 2.32. The van der Waals surface area contributed by atoms with E-state index < -0.39 is 6.10 Å². The minimum atomic E-state index is -0.538. The van der Waals surface area contributed by atoms with Gasteiger partial charge in [0, 0.05) is 18.0 Å². The van der Waals surface area contributed by atoms with Gasteiger partial charge in [0.2, 0.25) is 0 Å². The van der Waals surface area contributed by atoms with Crippen LogP contribution in [0, 0.1) is 11.3 Å². The lowest BCUT2D eigenvalue weighted by Gasteiger charge is -2.11. The average Bonchev–Trinajstić information content (AvgIpc) is 2.39. The Morgan fingerprint density at radius 3 is 2.53 bits per heavy atom. The number of hydrogen-bond acceptors (Lipinski definition) is 3. The Hall–Kier alpha value is -2.18. The Balaban J connectivity index is 2.49. The van der Waals surface area contributed by atoms with Gasteiger partial charge in [-0.15, -0.1) is 0 Å². The second-order valence-electron chi connectivity index (χ2n) is 3.83. The molecule has 84 valence electrons. The summed E-state index contributed by atoms with van der Waals surface area (Å²) in [4.78, 5) is 4.07. The summed E-state index contributed by atoms with van der Waals surface area (Å²) in [6.07, 6.45) is 2.85. The fraction of sp³-hybridized carbons (Fsp3) is 0.143. The van der Waals surface area contributed by atoms with Gasteiger partial charge in [0.15, 0.2) is 0 Å². The Kier molecular flexibility index (Phi) is 3.17. The van der Waals surface area contributed by atoms with E-state index in [4.69, 9.17) is 5.26 Å². The predicted molar refractivity (Wildman–Crippen MR) is 65.0 cm³/mol. The number of aromatic nitrogens is 1. The first-order valence-corrected chi connectivity index (χ1v) is 5.35. The van der Waals surface area contributed by atoms with Crippen molar-refractivity contribution in [1.82, 2.24) is 4.98 Å². The predicted octanol–water partition coefficient (Wildman–Crippen LogP) is 2.67. The molecule has 0 radical (unpaired) electrons. The van der Waals surface area contributed by atoms with Crippen LogP contribution >= 0.6 is 0 Å². The molecule has 1 N–H and O–H groups in total. The van der Waals surface area contributed by atoms with Gasteiger partial charge in [0.25, 0.3) is 0 Å². The average molecular weight is 224 g/mol. The van der Waals surface area contributed by atoms with Crippen LogP contribution in [0.5, 0.6) is 0 Å². The van der Waals surface area contributed by atoms with Gasteiger partial charge >= 0.3 is 0 Å². The molecule has 17 heavy (non-hydrogen) atoms. The van der Waals surface area contributed by atoms with E-state index in [1.807, 2.05) is 12.1 Å². The molecule has 0 bridgehead atoms. The lowest BCUT2D eigenvalue weighted by molar-refractivity contribution is 0.200. The summed E-state index contributed by atoms with van der Waals surface area (Å²) < 4.78 is 0. The van der Waals surface area contributed by atoms with Crippen molar-refractivity contribution in [3.8, 4) is 17.2 Å². The summed E-state index contributed by atoms with van der Waals surface area (Å²) in [6, 6.07) is 11.1. The van der Waals surface area contributed by atoms with E-state index in [0.29, 0.717) is 5.56 Å². The van der Waals surface area contributed by atoms with Crippen LogP contribution in [-0.4, -0.2) is 10.1 Å². The topological polar surface area (TPSA) is 56.9 Å². The van der Waals surface area contributed by atoms with Crippen LogP contribution in [0.1, 0.15) is 24.2 Å². The molecule has 0 unspecified atom stereocenters. The van der Waals surface area contributed by atoms with Crippen LogP contribution in [0.4, 0.5) is 0 Å². The maximum absolute atomic E-state index is 9.69. The molecule has 1 aromatic heterocycles. The second kappa shape index (κ2) is 4.77. The molecule has 2 rings (SSSR count). The number of rotatable bonds is 2. The van der Waals surface area contributed by atoms with Gasteiger partial charge in [-0.1, -0.05) is 12.1 Å². The zero-order chi connectivity index (χ0) is 12.3. The number of benzene rings is 1. The Morgan fingerprint density at radius 2 is 1.94 bits per heavy atom. The minimum absolute atomic E-state index is 0.538. The molecular formula is C14H12N2O. The Labute approximate surface area is 100.0 Å². The summed E-state index contributed by atoms with van der Waals surface area (Å²) in [5.41, 5.74) is 3.31. The molecule has 1 heterocycles. The van der Waals surface area contributed by atoms with Crippen molar-refractivity contribution in [3.63, 3.8) is 0 Å². The van der Waals surface area contributed by atoms with Crippen LogP contribution in [0.25, 0.3) is 11.1 Å². The van der Waals surface area contributed by atoms with Gasteiger partial charge in [0.05, 0.1) is 17.7 Å². The SMILES string of the molecule is C[C@@H](O)c1ccncc1-c1ccc(C#N)cc1. The Bertz CT molecular complexity index is 553. The molecule has 0 aliphatic rings. The quantitative estimate of drug-likeness (QED) is 0.853. The number of nitrogens with zero attached hydrogens (tertiary/aromatic N) is 2. The smallest absolute Gasteiger partial charge is 0.0991 e. The van der Waals surface area contributed by atoms with Crippen molar-refractivity contribution in [2.45, 2.75) is 13.0 Å². The molecule has 2 aromatic rings. The number of pyridine rings is 1. The number of aliphatic hydroxyl groups excluding tert-OH is 1. The fourth-order valence-corrected chi connectivity index (χ4v) is 1.74. The summed E-state index contributed by atoms with van der Waals surface area (Å²) >= 11 is 0. The van der Waals surface area contributed by atoms with Crippen molar-refractivity contribution < 1.29 is 5.11 Å². The largest absolute Gasteiger partial charge is 0.389 e. The molecule has 1 aromatic carbocycles. The highest BCUT2D eigenvalue weighted by atomic mass is 16.3. The zero-order valence-corrected chi connectivity index (χ0v) is 9.46. The van der Waals surface area contributed by atoms with Crippen LogP contribution in [-0.2, 0) is 0 Å². The normalized spacial score (nSPS) is 11.8. The van der Waals surface area contributed by atoms with E-state index >= 15 is 0 Å². The molecule has 0 aliphatic carbocycles. The van der Waals surface area contributed by atoms with Crippen molar-refractivity contribution in [2.75, 3.05) is 0 Å². The summed E-state index contributed by atoms with van der Waals surface area (Å²) in [7, 11) is 0. The first-order chi connectivity index (χ1) is 8.22. The second-order valence-corrected chi connectivity index (χ2v) is 3.83. The molecule has 0 saturated heterocycles. The maximum Gasteiger partial charge on any atom is 0.0991 e.